The van der Waals surface area contributed by atoms with Gasteiger partial charge in [0.25, 0.3) is 0 Å². The fourth-order valence-corrected chi connectivity index (χ4v) is 2.81. The number of nitrogens with zero attached hydrogens (tertiary/aromatic N) is 2. The molecule has 0 aliphatic carbocycles. The first-order valence-electron chi connectivity index (χ1n) is 6.05. The maximum Gasteiger partial charge on any atom is 0.0587 e. The van der Waals surface area contributed by atoms with Crippen molar-refractivity contribution in [2.75, 3.05) is 33.0 Å². The van der Waals surface area contributed by atoms with E-state index in [1.807, 2.05) is 0 Å². The Balaban J connectivity index is 1.84. The van der Waals surface area contributed by atoms with Gasteiger partial charge in [-0.15, -0.1) is 0 Å². The van der Waals surface area contributed by atoms with Crippen LogP contribution >= 0.6 is 0 Å². The molecule has 0 bridgehead atoms. The summed E-state index contributed by atoms with van der Waals surface area (Å²) < 4.78 is 0. The highest BCUT2D eigenvalue weighted by Crippen LogP contribution is 2.21. The van der Waals surface area contributed by atoms with E-state index in [1.54, 1.807) is 0 Å². The third-order valence-corrected chi connectivity index (χ3v) is 3.78. The second-order valence-electron chi connectivity index (χ2n) is 4.72. The van der Waals surface area contributed by atoms with Crippen LogP contribution in [0.25, 0.3) is 0 Å². The van der Waals surface area contributed by atoms with Crippen molar-refractivity contribution in [3.8, 4) is 0 Å². The number of hydrogen-bond acceptors (Lipinski definition) is 4. The lowest BCUT2D eigenvalue weighted by Crippen LogP contribution is -2.44. The van der Waals surface area contributed by atoms with Crippen molar-refractivity contribution >= 4 is 0 Å². The Morgan fingerprint density at radius 1 is 0.867 bits per heavy atom. The normalized spacial score (nSPS) is 34.0. The Hall–Kier alpha value is -0.160. The van der Waals surface area contributed by atoms with Gasteiger partial charge in [0.2, 0.25) is 0 Å². The summed E-state index contributed by atoms with van der Waals surface area (Å²) in [4.78, 5) is 4.71. The molecule has 15 heavy (non-hydrogen) atoms. The van der Waals surface area contributed by atoms with Crippen LogP contribution in [0.15, 0.2) is 0 Å². The minimum Gasteiger partial charge on any atom is -0.395 e. The number of aliphatic hydroxyl groups excluding tert-OH is 2. The summed E-state index contributed by atoms with van der Waals surface area (Å²) in [6.45, 7) is 3.67. The summed E-state index contributed by atoms with van der Waals surface area (Å²) >= 11 is 0. The fraction of sp³-hybridized carbons (Fsp3) is 1.00. The number of likely N-dealkylation sites (tertiary alicyclic amines) is 2. The average molecular weight is 214 g/mol. The molecule has 4 nitrogen and oxygen atoms in total. The van der Waals surface area contributed by atoms with Crippen LogP contribution in [0.1, 0.15) is 25.7 Å². The van der Waals surface area contributed by atoms with E-state index in [0.29, 0.717) is 12.1 Å². The van der Waals surface area contributed by atoms with Crippen LogP contribution < -0.4 is 0 Å². The molecule has 88 valence electrons. The minimum absolute atomic E-state index is 0.275. The van der Waals surface area contributed by atoms with Crippen molar-refractivity contribution in [3.05, 3.63) is 0 Å². The van der Waals surface area contributed by atoms with Crippen molar-refractivity contribution in [2.45, 2.75) is 37.8 Å². The highest BCUT2D eigenvalue weighted by atomic mass is 16.3. The summed E-state index contributed by atoms with van der Waals surface area (Å²) in [5.74, 6) is 0. The largest absolute Gasteiger partial charge is 0.395 e. The summed E-state index contributed by atoms with van der Waals surface area (Å²) in [6.07, 6.45) is 4.63. The molecule has 0 amide bonds. The maximum absolute atomic E-state index is 9.22. The second-order valence-corrected chi connectivity index (χ2v) is 4.72. The van der Waals surface area contributed by atoms with Gasteiger partial charge < -0.3 is 10.2 Å². The zero-order valence-corrected chi connectivity index (χ0v) is 9.31. The Morgan fingerprint density at radius 3 is 1.73 bits per heavy atom. The van der Waals surface area contributed by atoms with Crippen molar-refractivity contribution in [3.63, 3.8) is 0 Å². The highest BCUT2D eigenvalue weighted by Gasteiger charge is 2.30. The summed E-state index contributed by atoms with van der Waals surface area (Å²) in [6, 6.07) is 0.704. The number of aliphatic hydroxyl groups is 2. The maximum atomic E-state index is 9.22. The Labute approximate surface area is 91.5 Å². The predicted octanol–water partition coefficient (Wildman–Crippen LogP) is -0.143. The van der Waals surface area contributed by atoms with E-state index in [-0.39, 0.29) is 13.2 Å². The quantitative estimate of drug-likeness (QED) is 0.684. The molecule has 2 fully saturated rings. The minimum atomic E-state index is 0.275. The summed E-state index contributed by atoms with van der Waals surface area (Å²) in [7, 11) is 0. The molecule has 2 aliphatic heterocycles. The zero-order chi connectivity index (χ0) is 10.7. The second kappa shape index (κ2) is 5.25. The molecule has 0 aromatic heterocycles. The molecule has 0 radical (unpaired) electrons. The highest BCUT2D eigenvalue weighted by molar-refractivity contribution is 4.83. The number of hydrogen-bond donors (Lipinski definition) is 2. The predicted molar refractivity (Wildman–Crippen MR) is 58.5 cm³/mol. The Morgan fingerprint density at radius 2 is 1.33 bits per heavy atom. The molecule has 0 aromatic carbocycles. The van der Waals surface area contributed by atoms with Crippen LogP contribution in [0.3, 0.4) is 0 Å². The van der Waals surface area contributed by atoms with Gasteiger partial charge in [-0.25, -0.2) is 0 Å². The van der Waals surface area contributed by atoms with Crippen molar-refractivity contribution < 1.29 is 10.2 Å². The molecule has 0 saturated carbocycles. The third kappa shape index (κ3) is 2.50. The van der Waals surface area contributed by atoms with Gasteiger partial charge >= 0.3 is 0 Å². The van der Waals surface area contributed by atoms with E-state index in [9.17, 15) is 10.2 Å². The fourth-order valence-electron chi connectivity index (χ4n) is 2.81. The monoisotopic (exact) mass is 214 g/mol. The first-order chi connectivity index (χ1) is 7.35. The molecule has 2 atom stereocenters. The third-order valence-electron chi connectivity index (χ3n) is 3.78. The first-order valence-corrected chi connectivity index (χ1v) is 6.05. The Kier molecular flexibility index (Phi) is 3.97. The van der Waals surface area contributed by atoms with Gasteiger partial charge in [0.15, 0.2) is 0 Å². The van der Waals surface area contributed by atoms with E-state index in [0.717, 1.165) is 32.6 Å². The van der Waals surface area contributed by atoms with Gasteiger partial charge in [0.05, 0.1) is 19.9 Å². The molecule has 2 rings (SSSR count). The molecule has 4 heteroatoms. The molecular weight excluding hydrogens is 192 g/mol. The topological polar surface area (TPSA) is 46.9 Å². The molecule has 0 spiro atoms. The summed E-state index contributed by atoms with van der Waals surface area (Å²) in [5, 5.41) is 18.4. The van der Waals surface area contributed by atoms with E-state index in [2.05, 4.69) is 9.80 Å². The van der Waals surface area contributed by atoms with Crippen molar-refractivity contribution in [1.82, 2.24) is 9.80 Å². The smallest absolute Gasteiger partial charge is 0.0587 e. The van der Waals surface area contributed by atoms with Gasteiger partial charge in [-0.3, -0.25) is 9.80 Å². The van der Waals surface area contributed by atoms with Gasteiger partial charge in [0.1, 0.15) is 0 Å². The van der Waals surface area contributed by atoms with Gasteiger partial charge in [-0.2, -0.15) is 0 Å². The SMILES string of the molecule is OC[C@@H]1CCCN1CN1CCC[C@H]1CO. The molecule has 0 unspecified atom stereocenters. The lowest BCUT2D eigenvalue weighted by atomic mass is 10.2. The van der Waals surface area contributed by atoms with E-state index >= 15 is 0 Å². The first kappa shape index (κ1) is 11.3. The van der Waals surface area contributed by atoms with Gasteiger partial charge in [-0.1, -0.05) is 0 Å². The lowest BCUT2D eigenvalue weighted by molar-refractivity contribution is 0.0643. The van der Waals surface area contributed by atoms with Crippen LogP contribution in [0.2, 0.25) is 0 Å². The molecule has 2 heterocycles. The van der Waals surface area contributed by atoms with Gasteiger partial charge in [0, 0.05) is 12.1 Å². The van der Waals surface area contributed by atoms with Crippen LogP contribution in [0.5, 0.6) is 0 Å². The summed E-state index contributed by atoms with van der Waals surface area (Å²) in [5.41, 5.74) is 0. The van der Waals surface area contributed by atoms with Crippen LogP contribution in [-0.2, 0) is 0 Å². The molecule has 0 aromatic rings. The molecule has 2 saturated heterocycles. The average Bonchev–Trinajstić information content (AvgIpc) is 2.87. The van der Waals surface area contributed by atoms with Crippen molar-refractivity contribution in [2.24, 2.45) is 0 Å². The molecule has 2 aliphatic rings. The number of rotatable bonds is 4. The van der Waals surface area contributed by atoms with Crippen LogP contribution in [0.4, 0.5) is 0 Å². The Bertz CT molecular complexity index is 181. The lowest BCUT2D eigenvalue weighted by Gasteiger charge is -2.31. The molecular formula is C11H22N2O2. The van der Waals surface area contributed by atoms with Crippen LogP contribution in [0, 0.1) is 0 Å². The molecule has 2 N–H and O–H groups in total. The van der Waals surface area contributed by atoms with E-state index < -0.39 is 0 Å². The van der Waals surface area contributed by atoms with Gasteiger partial charge in [-0.05, 0) is 38.8 Å². The van der Waals surface area contributed by atoms with Crippen molar-refractivity contribution in [1.29, 1.82) is 0 Å². The standard InChI is InChI=1S/C11H22N2O2/c14-7-10-3-1-5-12(10)9-13-6-2-4-11(13)8-15/h10-11,14-15H,1-9H2/t10-,11-/m0/s1. The van der Waals surface area contributed by atoms with E-state index in [1.165, 1.54) is 12.8 Å². The van der Waals surface area contributed by atoms with Crippen LogP contribution in [-0.4, -0.2) is 65.1 Å². The van der Waals surface area contributed by atoms with E-state index in [4.69, 9.17) is 0 Å². The zero-order valence-electron chi connectivity index (χ0n) is 9.31.